The Balaban J connectivity index is 1.58. The first-order chi connectivity index (χ1) is 16.3. The minimum atomic E-state index is -3.81. The molecule has 0 bridgehead atoms. The van der Waals surface area contributed by atoms with Crippen LogP contribution in [0.4, 0.5) is 5.69 Å². The van der Waals surface area contributed by atoms with E-state index in [1.54, 1.807) is 45.5 Å². The van der Waals surface area contributed by atoms with E-state index in [0.29, 0.717) is 35.8 Å². The summed E-state index contributed by atoms with van der Waals surface area (Å²) in [6.45, 7) is 0.706. The van der Waals surface area contributed by atoms with Gasteiger partial charge in [-0.25, -0.2) is 8.42 Å². The molecule has 0 aliphatic carbocycles. The summed E-state index contributed by atoms with van der Waals surface area (Å²) < 4.78 is 39.1. The molecular formula is C26H28N2O5S. The van der Waals surface area contributed by atoms with Gasteiger partial charge in [0.05, 0.1) is 24.8 Å². The molecule has 0 atom stereocenters. The number of aryl methyl sites for hydroxylation is 1. The second-order valence-corrected chi connectivity index (χ2v) is 10.0. The summed E-state index contributed by atoms with van der Waals surface area (Å²) in [6, 6.07) is 19.2. The van der Waals surface area contributed by atoms with E-state index >= 15 is 0 Å². The van der Waals surface area contributed by atoms with Gasteiger partial charge in [-0.15, -0.1) is 0 Å². The molecule has 3 aromatic carbocycles. The van der Waals surface area contributed by atoms with Crippen LogP contribution >= 0.6 is 0 Å². The molecule has 178 valence electrons. The van der Waals surface area contributed by atoms with Crippen molar-refractivity contribution >= 4 is 21.6 Å². The molecule has 8 heteroatoms. The Kier molecular flexibility index (Phi) is 6.79. The summed E-state index contributed by atoms with van der Waals surface area (Å²) in [5.74, 6) is 0.986. The van der Waals surface area contributed by atoms with E-state index in [2.05, 4.69) is 0 Å². The maximum atomic E-state index is 13.5. The lowest BCUT2D eigenvalue weighted by Gasteiger charge is -2.30. The number of fused-ring (bicyclic) bond motifs is 1. The molecule has 0 radical (unpaired) electrons. The smallest absolute Gasteiger partial charge is 0.264 e. The highest BCUT2D eigenvalue weighted by Crippen LogP contribution is 2.32. The molecule has 1 amide bonds. The van der Waals surface area contributed by atoms with E-state index in [1.165, 1.54) is 21.3 Å². The molecular weight excluding hydrogens is 452 g/mol. The number of amides is 1. The van der Waals surface area contributed by atoms with Gasteiger partial charge in [-0.05, 0) is 54.8 Å². The molecule has 34 heavy (non-hydrogen) atoms. The lowest BCUT2D eigenvalue weighted by molar-refractivity contribution is 0.0784. The van der Waals surface area contributed by atoms with Crippen molar-refractivity contribution in [1.82, 2.24) is 4.90 Å². The SMILES string of the molecule is COc1ccc(CN(C)C(=O)c2cccc(S(=O)(=O)N3CCCc4ccccc43)c2)c(OC)c1. The van der Waals surface area contributed by atoms with Crippen molar-refractivity contribution in [3.63, 3.8) is 0 Å². The van der Waals surface area contributed by atoms with Gasteiger partial charge in [0, 0.05) is 37.3 Å². The summed E-state index contributed by atoms with van der Waals surface area (Å²) in [5.41, 5.74) is 2.83. The predicted octanol–water partition coefficient (Wildman–Crippen LogP) is 4.12. The largest absolute Gasteiger partial charge is 0.497 e. The second-order valence-electron chi connectivity index (χ2n) is 8.18. The summed E-state index contributed by atoms with van der Waals surface area (Å²) in [7, 11) is 1.01. The van der Waals surface area contributed by atoms with Gasteiger partial charge >= 0.3 is 0 Å². The molecule has 1 aliphatic rings. The first kappa shape index (κ1) is 23.6. The standard InChI is InChI=1S/C26H28N2O5S/c1-27(18-21-13-14-22(32-2)17-25(21)33-3)26(29)20-9-6-11-23(16-20)34(30,31)28-15-7-10-19-8-4-5-12-24(19)28/h4-6,8-9,11-14,16-17H,7,10,15,18H2,1-3H3. The Hall–Kier alpha value is -3.52. The number of hydrogen-bond donors (Lipinski definition) is 0. The minimum Gasteiger partial charge on any atom is -0.497 e. The molecule has 0 N–H and O–H groups in total. The third kappa shape index (κ3) is 4.59. The van der Waals surface area contributed by atoms with E-state index in [0.717, 1.165) is 24.0 Å². The fourth-order valence-electron chi connectivity index (χ4n) is 4.20. The van der Waals surface area contributed by atoms with Gasteiger partial charge in [-0.2, -0.15) is 0 Å². The molecule has 7 nitrogen and oxygen atoms in total. The number of benzene rings is 3. The minimum absolute atomic E-state index is 0.102. The Bertz CT molecular complexity index is 1310. The summed E-state index contributed by atoms with van der Waals surface area (Å²) in [6.07, 6.45) is 1.60. The van der Waals surface area contributed by atoms with E-state index in [4.69, 9.17) is 9.47 Å². The normalized spacial score (nSPS) is 13.2. The first-order valence-electron chi connectivity index (χ1n) is 11.0. The van der Waals surface area contributed by atoms with E-state index < -0.39 is 10.0 Å². The highest BCUT2D eigenvalue weighted by Gasteiger charge is 2.29. The van der Waals surface area contributed by atoms with Gasteiger partial charge in [0.1, 0.15) is 11.5 Å². The summed E-state index contributed by atoms with van der Waals surface area (Å²) in [4.78, 5) is 14.8. The Morgan fingerprint density at radius 3 is 2.56 bits per heavy atom. The molecule has 1 heterocycles. The van der Waals surface area contributed by atoms with Crippen molar-refractivity contribution in [2.45, 2.75) is 24.3 Å². The van der Waals surface area contributed by atoms with E-state index in [1.807, 2.05) is 30.3 Å². The van der Waals surface area contributed by atoms with Crippen LogP contribution in [-0.4, -0.2) is 47.0 Å². The number of rotatable bonds is 7. The highest BCUT2D eigenvalue weighted by molar-refractivity contribution is 7.92. The van der Waals surface area contributed by atoms with Crippen molar-refractivity contribution in [1.29, 1.82) is 0 Å². The number of carbonyl (C=O) groups is 1. The van der Waals surface area contributed by atoms with Crippen LogP contribution in [0.2, 0.25) is 0 Å². The Labute approximate surface area is 200 Å². The maximum Gasteiger partial charge on any atom is 0.264 e. The molecule has 0 unspecified atom stereocenters. The van der Waals surface area contributed by atoms with Crippen LogP contribution in [0.15, 0.2) is 71.6 Å². The van der Waals surface area contributed by atoms with Gasteiger partial charge in [0.15, 0.2) is 0 Å². The quantitative estimate of drug-likeness (QED) is 0.509. The molecule has 0 saturated carbocycles. The van der Waals surface area contributed by atoms with Gasteiger partial charge in [0.2, 0.25) is 0 Å². The molecule has 0 saturated heterocycles. The number of anilines is 1. The van der Waals surface area contributed by atoms with Gasteiger partial charge in [-0.1, -0.05) is 24.3 Å². The maximum absolute atomic E-state index is 13.5. The molecule has 1 aliphatic heterocycles. The third-order valence-electron chi connectivity index (χ3n) is 5.99. The summed E-state index contributed by atoms with van der Waals surface area (Å²) >= 11 is 0. The second kappa shape index (κ2) is 9.77. The highest BCUT2D eigenvalue weighted by atomic mass is 32.2. The van der Waals surface area contributed by atoms with Crippen LogP contribution in [0, 0.1) is 0 Å². The number of para-hydroxylation sites is 1. The molecule has 0 fully saturated rings. The number of ether oxygens (including phenoxy) is 2. The molecule has 0 aromatic heterocycles. The number of nitrogens with zero attached hydrogens (tertiary/aromatic N) is 2. The van der Waals surface area contributed by atoms with Gasteiger partial charge in [-0.3, -0.25) is 9.10 Å². The van der Waals surface area contributed by atoms with Gasteiger partial charge < -0.3 is 14.4 Å². The van der Waals surface area contributed by atoms with Crippen molar-refractivity contribution in [3.05, 3.63) is 83.4 Å². The molecule has 0 spiro atoms. The van der Waals surface area contributed by atoms with Crippen molar-refractivity contribution in [2.24, 2.45) is 0 Å². The Morgan fingerprint density at radius 1 is 1.00 bits per heavy atom. The van der Waals surface area contributed by atoms with Crippen LogP contribution in [0.5, 0.6) is 11.5 Å². The van der Waals surface area contributed by atoms with Crippen LogP contribution in [0.1, 0.15) is 27.9 Å². The van der Waals surface area contributed by atoms with Crippen LogP contribution in [-0.2, 0) is 23.0 Å². The number of hydrogen-bond acceptors (Lipinski definition) is 5. The zero-order valence-electron chi connectivity index (χ0n) is 19.5. The van der Waals surface area contributed by atoms with Crippen molar-refractivity contribution < 1.29 is 22.7 Å². The van der Waals surface area contributed by atoms with Crippen LogP contribution in [0.3, 0.4) is 0 Å². The monoisotopic (exact) mass is 480 g/mol. The topological polar surface area (TPSA) is 76.2 Å². The zero-order chi connectivity index (χ0) is 24.3. The van der Waals surface area contributed by atoms with E-state index in [9.17, 15) is 13.2 Å². The van der Waals surface area contributed by atoms with Crippen molar-refractivity contribution in [3.8, 4) is 11.5 Å². The van der Waals surface area contributed by atoms with Crippen LogP contribution in [0.25, 0.3) is 0 Å². The summed E-state index contributed by atoms with van der Waals surface area (Å²) in [5, 5.41) is 0. The first-order valence-corrected chi connectivity index (χ1v) is 12.5. The van der Waals surface area contributed by atoms with Crippen LogP contribution < -0.4 is 13.8 Å². The number of methoxy groups -OCH3 is 2. The molecule has 3 aromatic rings. The zero-order valence-corrected chi connectivity index (χ0v) is 20.3. The van der Waals surface area contributed by atoms with E-state index in [-0.39, 0.29) is 10.8 Å². The number of carbonyl (C=O) groups excluding carboxylic acids is 1. The average Bonchev–Trinajstić information content (AvgIpc) is 2.88. The third-order valence-corrected chi connectivity index (χ3v) is 7.79. The fraction of sp³-hybridized carbons (Fsp3) is 0.269. The van der Waals surface area contributed by atoms with Gasteiger partial charge in [0.25, 0.3) is 15.9 Å². The lowest BCUT2D eigenvalue weighted by Crippen LogP contribution is -2.35. The number of sulfonamides is 1. The van der Waals surface area contributed by atoms with Crippen molar-refractivity contribution in [2.75, 3.05) is 32.1 Å². The fourth-order valence-corrected chi connectivity index (χ4v) is 5.78. The average molecular weight is 481 g/mol. The molecule has 4 rings (SSSR count). The lowest BCUT2D eigenvalue weighted by atomic mass is 10.0. The Morgan fingerprint density at radius 2 is 1.79 bits per heavy atom. The predicted molar refractivity (Wildman–Crippen MR) is 131 cm³/mol.